The summed E-state index contributed by atoms with van der Waals surface area (Å²) in [5.41, 5.74) is 4.96. The molecular weight excluding hydrogens is 214 g/mol. The second-order valence-corrected chi connectivity index (χ2v) is 2.81. The van der Waals surface area contributed by atoms with Crippen LogP contribution in [0, 0.1) is 0 Å². The summed E-state index contributed by atoms with van der Waals surface area (Å²) in [6.45, 7) is 0. The molecule has 0 spiro atoms. The maximum atomic E-state index is 11.4. The molecular formula is C9H7N3O4. The van der Waals surface area contributed by atoms with Gasteiger partial charge in [-0.2, -0.15) is 0 Å². The van der Waals surface area contributed by atoms with Gasteiger partial charge in [-0.1, -0.05) is 0 Å². The van der Waals surface area contributed by atoms with Crippen LogP contribution in [-0.4, -0.2) is 21.8 Å². The van der Waals surface area contributed by atoms with Gasteiger partial charge in [0.25, 0.3) is 11.8 Å². The molecule has 2 rings (SSSR count). The summed E-state index contributed by atoms with van der Waals surface area (Å²) in [6, 6.07) is 2.97. The third kappa shape index (κ3) is 1.78. The molecule has 0 aliphatic heterocycles. The Kier molecular flexibility index (Phi) is 2.42. The molecule has 0 saturated carbocycles. The molecule has 0 unspecified atom stereocenters. The first-order valence-electron chi connectivity index (χ1n) is 4.27. The number of primary amides is 1. The van der Waals surface area contributed by atoms with Gasteiger partial charge in [0.1, 0.15) is 0 Å². The minimum Gasteiger partial charge on any atom is -0.457 e. The predicted molar refractivity (Wildman–Crippen MR) is 50.8 cm³/mol. The van der Waals surface area contributed by atoms with Crippen LogP contribution in [0.2, 0.25) is 0 Å². The van der Waals surface area contributed by atoms with Crippen molar-refractivity contribution in [1.82, 2.24) is 9.97 Å². The van der Waals surface area contributed by atoms with E-state index in [0.29, 0.717) is 0 Å². The number of esters is 1. The molecule has 16 heavy (non-hydrogen) atoms. The summed E-state index contributed by atoms with van der Waals surface area (Å²) in [7, 11) is 0. The third-order valence-corrected chi connectivity index (χ3v) is 1.76. The van der Waals surface area contributed by atoms with E-state index in [9.17, 15) is 9.59 Å². The van der Waals surface area contributed by atoms with Crippen LogP contribution in [0.5, 0.6) is 5.88 Å². The van der Waals surface area contributed by atoms with Crippen LogP contribution in [0.25, 0.3) is 0 Å². The highest BCUT2D eigenvalue weighted by Gasteiger charge is 2.18. The second kappa shape index (κ2) is 3.89. The van der Waals surface area contributed by atoms with Gasteiger partial charge in [-0.3, -0.25) is 4.79 Å². The minimum atomic E-state index is -0.764. The Morgan fingerprint density at radius 2 is 2.31 bits per heavy atom. The van der Waals surface area contributed by atoms with Crippen molar-refractivity contribution in [1.29, 1.82) is 0 Å². The fourth-order valence-electron chi connectivity index (χ4n) is 1.07. The number of furan rings is 1. The van der Waals surface area contributed by atoms with E-state index in [2.05, 4.69) is 9.97 Å². The molecule has 0 aromatic carbocycles. The number of carbonyl (C=O) groups is 2. The Balaban J connectivity index is 2.18. The van der Waals surface area contributed by atoms with E-state index in [-0.39, 0.29) is 17.3 Å². The van der Waals surface area contributed by atoms with Crippen LogP contribution in [0.3, 0.4) is 0 Å². The average molecular weight is 221 g/mol. The number of ether oxygens (including phenoxy) is 1. The number of hydrogen-bond donors (Lipinski definition) is 2. The molecule has 7 heteroatoms. The first-order chi connectivity index (χ1) is 7.68. The number of amides is 1. The first-order valence-corrected chi connectivity index (χ1v) is 4.27. The summed E-state index contributed by atoms with van der Waals surface area (Å²) >= 11 is 0. The van der Waals surface area contributed by atoms with Crippen molar-refractivity contribution in [2.75, 3.05) is 0 Å². The van der Waals surface area contributed by atoms with Gasteiger partial charge in [0.2, 0.25) is 5.76 Å². The number of nitrogens with zero attached hydrogens (tertiary/aromatic N) is 1. The van der Waals surface area contributed by atoms with Crippen molar-refractivity contribution >= 4 is 11.9 Å². The van der Waals surface area contributed by atoms with Crippen LogP contribution in [0.4, 0.5) is 0 Å². The summed E-state index contributed by atoms with van der Waals surface area (Å²) in [5, 5.41) is 0. The number of aromatic amines is 1. The number of aromatic nitrogens is 2. The van der Waals surface area contributed by atoms with E-state index in [1.54, 1.807) is 0 Å². The fourth-order valence-corrected chi connectivity index (χ4v) is 1.07. The number of rotatable bonds is 3. The largest absolute Gasteiger partial charge is 0.457 e. The summed E-state index contributed by atoms with van der Waals surface area (Å²) in [4.78, 5) is 28.4. The Morgan fingerprint density at radius 3 is 2.94 bits per heavy atom. The number of nitrogens with two attached hydrogens (primary N) is 1. The van der Waals surface area contributed by atoms with Crippen molar-refractivity contribution in [3.05, 3.63) is 36.2 Å². The molecule has 1 amide bonds. The smallest absolute Gasteiger partial charge is 0.381 e. The summed E-state index contributed by atoms with van der Waals surface area (Å²) in [5.74, 6) is -1.67. The highest BCUT2D eigenvalue weighted by atomic mass is 16.6. The zero-order chi connectivity index (χ0) is 11.5. The number of hydrogen-bond acceptors (Lipinski definition) is 5. The second-order valence-electron chi connectivity index (χ2n) is 2.81. The zero-order valence-corrected chi connectivity index (χ0v) is 7.97. The lowest BCUT2D eigenvalue weighted by Gasteiger charge is -1.99. The van der Waals surface area contributed by atoms with Gasteiger partial charge in [-0.15, -0.1) is 0 Å². The molecule has 0 atom stereocenters. The summed E-state index contributed by atoms with van der Waals surface area (Å²) in [6.07, 6.45) is 2.53. The first kappa shape index (κ1) is 9.97. The lowest BCUT2D eigenvalue weighted by Crippen LogP contribution is -2.15. The Labute approximate surface area is 89.2 Å². The van der Waals surface area contributed by atoms with Crippen LogP contribution in [0.15, 0.2) is 29.1 Å². The lowest BCUT2D eigenvalue weighted by molar-refractivity contribution is 0.0692. The molecule has 0 fully saturated rings. The van der Waals surface area contributed by atoms with Crippen molar-refractivity contribution < 1.29 is 18.7 Å². The maximum Gasteiger partial charge on any atom is 0.381 e. The molecule has 2 heterocycles. The third-order valence-electron chi connectivity index (χ3n) is 1.76. The Bertz CT molecular complexity index is 515. The Morgan fingerprint density at radius 1 is 1.50 bits per heavy atom. The molecule has 2 aromatic rings. The van der Waals surface area contributed by atoms with E-state index in [0.717, 1.165) is 0 Å². The lowest BCUT2D eigenvalue weighted by atomic mass is 10.4. The molecule has 0 radical (unpaired) electrons. The van der Waals surface area contributed by atoms with E-state index in [4.69, 9.17) is 14.9 Å². The monoisotopic (exact) mass is 221 g/mol. The number of H-pyrrole nitrogens is 1. The molecule has 3 N–H and O–H groups in total. The highest BCUT2D eigenvalue weighted by molar-refractivity contribution is 5.95. The van der Waals surface area contributed by atoms with E-state index in [1.165, 1.54) is 24.7 Å². The zero-order valence-electron chi connectivity index (χ0n) is 7.97. The molecule has 0 saturated heterocycles. The molecule has 7 nitrogen and oxygen atoms in total. The molecule has 0 aliphatic rings. The number of carbonyl (C=O) groups excluding carboxylic acids is 2. The SMILES string of the molecule is NC(=O)c1[nH]cnc1OC(=O)c1ccco1. The Hall–Kier alpha value is -2.57. The normalized spacial score (nSPS) is 10.0. The van der Waals surface area contributed by atoms with Gasteiger partial charge in [-0.25, -0.2) is 9.78 Å². The molecule has 0 aliphatic carbocycles. The predicted octanol–water partition coefficient (Wildman–Crippen LogP) is 0.321. The standard InChI is InChI=1S/C9H7N3O4/c10-7(13)6-8(12-4-11-6)16-9(14)5-2-1-3-15-5/h1-4H,(H2,10,13)(H,11,12). The minimum absolute atomic E-state index is 0.0124. The van der Waals surface area contributed by atoms with Gasteiger partial charge in [0.15, 0.2) is 5.69 Å². The topological polar surface area (TPSA) is 111 Å². The molecule has 0 bridgehead atoms. The van der Waals surface area contributed by atoms with Gasteiger partial charge in [0.05, 0.1) is 12.6 Å². The molecule has 2 aromatic heterocycles. The van der Waals surface area contributed by atoms with Gasteiger partial charge >= 0.3 is 5.97 Å². The summed E-state index contributed by atoms with van der Waals surface area (Å²) < 4.78 is 9.63. The quantitative estimate of drug-likeness (QED) is 0.725. The maximum absolute atomic E-state index is 11.4. The van der Waals surface area contributed by atoms with Gasteiger partial charge in [-0.05, 0) is 12.1 Å². The van der Waals surface area contributed by atoms with E-state index < -0.39 is 11.9 Å². The van der Waals surface area contributed by atoms with Crippen LogP contribution in [0.1, 0.15) is 21.0 Å². The van der Waals surface area contributed by atoms with E-state index >= 15 is 0 Å². The van der Waals surface area contributed by atoms with E-state index in [1.807, 2.05) is 0 Å². The van der Waals surface area contributed by atoms with Crippen LogP contribution < -0.4 is 10.5 Å². The molecule has 82 valence electrons. The fraction of sp³-hybridized carbons (Fsp3) is 0. The van der Waals surface area contributed by atoms with Crippen LogP contribution >= 0.6 is 0 Å². The number of imidazole rings is 1. The van der Waals surface area contributed by atoms with Crippen molar-refractivity contribution in [3.8, 4) is 5.88 Å². The van der Waals surface area contributed by atoms with Gasteiger partial charge < -0.3 is 19.9 Å². The van der Waals surface area contributed by atoms with Crippen molar-refractivity contribution in [3.63, 3.8) is 0 Å². The average Bonchev–Trinajstić information content (AvgIpc) is 2.86. The van der Waals surface area contributed by atoms with Crippen molar-refractivity contribution in [2.24, 2.45) is 5.73 Å². The number of nitrogens with one attached hydrogen (secondary N) is 1. The van der Waals surface area contributed by atoms with Gasteiger partial charge in [0, 0.05) is 0 Å². The van der Waals surface area contributed by atoms with Crippen LogP contribution in [-0.2, 0) is 0 Å². The van der Waals surface area contributed by atoms with Crippen molar-refractivity contribution in [2.45, 2.75) is 0 Å². The highest BCUT2D eigenvalue weighted by Crippen LogP contribution is 2.14.